The molecule has 0 bridgehead atoms. The standard InChI is InChI=1S/2C6H10O3.C6H10O2/c7-4-5-2-1-3-9-6(5)8;7-4-5-2-1-3-6(8)9-5;7-4-5-2-1-3-6(5)8/h2*5,7H,1-4H2;5,7H,1-4H2/t3*5-/m000/s1. The van der Waals surface area contributed by atoms with Gasteiger partial charge in [-0.3, -0.25) is 14.4 Å². The molecule has 0 radical (unpaired) electrons. The molecule has 150 valence electrons. The molecule has 8 nitrogen and oxygen atoms in total. The number of aliphatic hydroxyl groups is 3. The molecule has 1 aliphatic carbocycles. The molecule has 3 N–H and O–H groups in total. The van der Waals surface area contributed by atoms with E-state index in [4.69, 9.17) is 20.1 Å². The van der Waals surface area contributed by atoms with E-state index >= 15 is 0 Å². The fourth-order valence-corrected chi connectivity index (χ4v) is 2.89. The van der Waals surface area contributed by atoms with Crippen LogP contribution in [0.1, 0.15) is 51.4 Å². The summed E-state index contributed by atoms with van der Waals surface area (Å²) in [5, 5.41) is 25.6. The number of rotatable bonds is 3. The highest BCUT2D eigenvalue weighted by Gasteiger charge is 2.23. The van der Waals surface area contributed by atoms with E-state index in [1.54, 1.807) is 0 Å². The van der Waals surface area contributed by atoms with Gasteiger partial charge in [-0.1, -0.05) is 0 Å². The van der Waals surface area contributed by atoms with Crippen LogP contribution >= 0.6 is 0 Å². The van der Waals surface area contributed by atoms with Crippen LogP contribution in [0.4, 0.5) is 0 Å². The first-order valence-electron chi connectivity index (χ1n) is 9.23. The molecule has 0 amide bonds. The summed E-state index contributed by atoms with van der Waals surface area (Å²) in [6.07, 6.45) is 6.16. The van der Waals surface area contributed by atoms with Crippen LogP contribution in [0.25, 0.3) is 0 Å². The number of carbonyl (C=O) groups excluding carboxylic acids is 3. The molecule has 3 fully saturated rings. The van der Waals surface area contributed by atoms with Crippen molar-refractivity contribution in [3.63, 3.8) is 0 Å². The summed E-state index contributed by atoms with van der Waals surface area (Å²) in [5.41, 5.74) is 0. The first kappa shape index (κ1) is 22.5. The minimum atomic E-state index is -0.251. The maximum atomic E-state index is 10.6. The van der Waals surface area contributed by atoms with E-state index in [-0.39, 0.29) is 55.5 Å². The molecule has 2 saturated heterocycles. The van der Waals surface area contributed by atoms with E-state index < -0.39 is 0 Å². The normalized spacial score (nSPS) is 28.1. The van der Waals surface area contributed by atoms with E-state index in [0.717, 1.165) is 38.5 Å². The molecule has 8 heteroatoms. The molecular weight excluding hydrogens is 344 g/mol. The third kappa shape index (κ3) is 8.25. The summed E-state index contributed by atoms with van der Waals surface area (Å²) in [7, 11) is 0. The monoisotopic (exact) mass is 374 g/mol. The van der Waals surface area contributed by atoms with Gasteiger partial charge in [-0.25, -0.2) is 0 Å². The molecule has 26 heavy (non-hydrogen) atoms. The van der Waals surface area contributed by atoms with Crippen LogP contribution < -0.4 is 0 Å². The quantitative estimate of drug-likeness (QED) is 0.604. The lowest BCUT2D eigenvalue weighted by Gasteiger charge is -2.19. The minimum absolute atomic E-state index is 0.0185. The van der Waals surface area contributed by atoms with Crippen molar-refractivity contribution in [1.82, 2.24) is 0 Å². The Bertz CT molecular complexity index is 450. The van der Waals surface area contributed by atoms with E-state index in [0.29, 0.717) is 19.4 Å². The van der Waals surface area contributed by atoms with Gasteiger partial charge in [0.25, 0.3) is 0 Å². The number of hydrogen-bond acceptors (Lipinski definition) is 8. The zero-order chi connectivity index (χ0) is 19.4. The van der Waals surface area contributed by atoms with Crippen LogP contribution in [-0.2, 0) is 23.9 Å². The lowest BCUT2D eigenvalue weighted by atomic mass is 10.0. The van der Waals surface area contributed by atoms with Crippen LogP contribution in [-0.4, -0.2) is 65.6 Å². The zero-order valence-corrected chi connectivity index (χ0v) is 15.1. The molecule has 0 unspecified atom stereocenters. The highest BCUT2D eigenvalue weighted by molar-refractivity contribution is 5.82. The van der Waals surface area contributed by atoms with Gasteiger partial charge >= 0.3 is 11.9 Å². The predicted octanol–water partition coefficient (Wildman–Crippen LogP) is 0.354. The van der Waals surface area contributed by atoms with Crippen LogP contribution in [0.3, 0.4) is 0 Å². The van der Waals surface area contributed by atoms with E-state index in [1.807, 2.05) is 0 Å². The first-order valence-corrected chi connectivity index (χ1v) is 9.23. The van der Waals surface area contributed by atoms with Gasteiger partial charge in [-0.15, -0.1) is 0 Å². The lowest BCUT2D eigenvalue weighted by Crippen LogP contribution is -2.26. The van der Waals surface area contributed by atoms with Crippen LogP contribution in [0, 0.1) is 11.8 Å². The van der Waals surface area contributed by atoms with Crippen LogP contribution in [0.15, 0.2) is 0 Å². The molecule has 0 aromatic heterocycles. The van der Waals surface area contributed by atoms with Crippen molar-refractivity contribution in [2.24, 2.45) is 11.8 Å². The highest BCUT2D eigenvalue weighted by Crippen LogP contribution is 2.19. The number of aliphatic hydroxyl groups excluding tert-OH is 3. The molecule has 0 aromatic rings. The Balaban J connectivity index is 0.000000195. The van der Waals surface area contributed by atoms with E-state index in [1.165, 1.54) is 0 Å². The van der Waals surface area contributed by atoms with Gasteiger partial charge in [0.2, 0.25) is 0 Å². The molecule has 2 heterocycles. The molecule has 3 aliphatic rings. The summed E-state index contributed by atoms with van der Waals surface area (Å²) in [6, 6.07) is 0. The Kier molecular flexibility index (Phi) is 11.1. The van der Waals surface area contributed by atoms with Crippen molar-refractivity contribution in [2.75, 3.05) is 26.4 Å². The number of Topliss-reactive ketones (excluding diaryl/α,β-unsaturated/α-hetero) is 1. The summed E-state index contributed by atoms with van der Waals surface area (Å²) >= 11 is 0. The Morgan fingerprint density at radius 2 is 1.46 bits per heavy atom. The Labute approximate surface area is 153 Å². The van der Waals surface area contributed by atoms with Crippen molar-refractivity contribution < 1.29 is 39.2 Å². The van der Waals surface area contributed by atoms with Crippen LogP contribution in [0.2, 0.25) is 0 Å². The van der Waals surface area contributed by atoms with Gasteiger partial charge in [0.1, 0.15) is 11.9 Å². The largest absolute Gasteiger partial charge is 0.465 e. The van der Waals surface area contributed by atoms with Crippen LogP contribution in [0.5, 0.6) is 0 Å². The number of esters is 2. The fourth-order valence-electron chi connectivity index (χ4n) is 2.89. The average molecular weight is 374 g/mol. The Morgan fingerprint density at radius 1 is 0.808 bits per heavy atom. The molecule has 1 saturated carbocycles. The molecule has 3 atom stereocenters. The van der Waals surface area contributed by atoms with Crippen molar-refractivity contribution in [1.29, 1.82) is 0 Å². The number of hydrogen-bond donors (Lipinski definition) is 3. The van der Waals surface area contributed by atoms with E-state index in [2.05, 4.69) is 4.74 Å². The maximum Gasteiger partial charge on any atom is 0.311 e. The minimum Gasteiger partial charge on any atom is -0.465 e. The summed E-state index contributed by atoms with van der Waals surface area (Å²) in [5.74, 6) is -0.453. The van der Waals surface area contributed by atoms with Gasteiger partial charge in [0, 0.05) is 18.8 Å². The number of carbonyl (C=O) groups is 3. The van der Waals surface area contributed by atoms with Crippen molar-refractivity contribution >= 4 is 17.7 Å². The van der Waals surface area contributed by atoms with Gasteiger partial charge < -0.3 is 24.8 Å². The van der Waals surface area contributed by atoms with Gasteiger partial charge in [-0.2, -0.15) is 0 Å². The summed E-state index contributed by atoms with van der Waals surface area (Å²) in [4.78, 5) is 31.8. The lowest BCUT2D eigenvalue weighted by molar-refractivity contribution is -0.156. The number of cyclic esters (lactones) is 2. The summed E-state index contributed by atoms with van der Waals surface area (Å²) < 4.78 is 9.43. The maximum absolute atomic E-state index is 10.6. The van der Waals surface area contributed by atoms with Crippen molar-refractivity contribution in [3.8, 4) is 0 Å². The van der Waals surface area contributed by atoms with Crippen molar-refractivity contribution in [3.05, 3.63) is 0 Å². The smallest absolute Gasteiger partial charge is 0.311 e. The number of ketones is 1. The SMILES string of the molecule is O=C1CCC[C@@H](CO)O1.O=C1CCC[C@H]1CO.O=C1OCCC[C@H]1CO. The second-order valence-corrected chi connectivity index (χ2v) is 6.61. The second kappa shape index (κ2) is 12.8. The predicted molar refractivity (Wildman–Crippen MR) is 91.0 cm³/mol. The van der Waals surface area contributed by atoms with Gasteiger partial charge in [0.05, 0.1) is 32.3 Å². The Morgan fingerprint density at radius 3 is 1.85 bits per heavy atom. The van der Waals surface area contributed by atoms with Crippen molar-refractivity contribution in [2.45, 2.75) is 57.5 Å². The average Bonchev–Trinajstić information content (AvgIpc) is 3.08. The second-order valence-electron chi connectivity index (χ2n) is 6.61. The van der Waals surface area contributed by atoms with Gasteiger partial charge in [-0.05, 0) is 38.5 Å². The van der Waals surface area contributed by atoms with E-state index in [9.17, 15) is 14.4 Å². The summed E-state index contributed by atoms with van der Waals surface area (Å²) in [6.45, 7) is 0.471. The fraction of sp³-hybridized carbons (Fsp3) is 0.833. The molecular formula is C18H30O8. The first-order chi connectivity index (χ1) is 12.5. The molecule has 3 rings (SSSR count). The number of ether oxygens (including phenoxy) is 2. The van der Waals surface area contributed by atoms with Gasteiger partial charge in [0.15, 0.2) is 0 Å². The zero-order valence-electron chi connectivity index (χ0n) is 15.1. The molecule has 0 aromatic carbocycles. The molecule has 2 aliphatic heterocycles. The molecule has 0 spiro atoms. The topological polar surface area (TPSA) is 130 Å². The third-order valence-corrected chi connectivity index (χ3v) is 4.56. The third-order valence-electron chi connectivity index (χ3n) is 4.56. The Hall–Kier alpha value is -1.51. The highest BCUT2D eigenvalue weighted by atomic mass is 16.6.